The Hall–Kier alpha value is -3.26. The van der Waals surface area contributed by atoms with Crippen molar-refractivity contribution in [1.29, 1.82) is 5.26 Å². The van der Waals surface area contributed by atoms with Crippen LogP contribution in [0.4, 0.5) is 10.5 Å². The van der Waals surface area contributed by atoms with Crippen LogP contribution in [0.1, 0.15) is 61.3 Å². The summed E-state index contributed by atoms with van der Waals surface area (Å²) >= 11 is 0. The third kappa shape index (κ3) is 4.48. The topological polar surface area (TPSA) is 65.4 Å². The molecule has 5 rings (SSSR count). The van der Waals surface area contributed by atoms with E-state index in [4.69, 9.17) is 4.74 Å². The zero-order valence-electron chi connectivity index (χ0n) is 19.3. The Morgan fingerprint density at radius 1 is 1.21 bits per heavy atom. The van der Waals surface area contributed by atoms with Gasteiger partial charge in [0.05, 0.1) is 11.6 Å². The predicted molar refractivity (Wildman–Crippen MR) is 130 cm³/mol. The Labute approximate surface area is 196 Å². The minimum absolute atomic E-state index is 0.0505. The fourth-order valence-corrected chi connectivity index (χ4v) is 5.68. The van der Waals surface area contributed by atoms with Gasteiger partial charge < -0.3 is 15.0 Å². The summed E-state index contributed by atoms with van der Waals surface area (Å²) in [5.41, 5.74) is 8.56. The van der Waals surface area contributed by atoms with Gasteiger partial charge >= 0.3 is 6.09 Å². The van der Waals surface area contributed by atoms with E-state index in [2.05, 4.69) is 29.3 Å². The molecule has 1 saturated heterocycles. The SMILES string of the molecule is CC1CCC2=C(Cc3c(C#N)ccc(N4CCC[C@H](NC(=O)OCc5ccccc5)C4)c32)C1. The van der Waals surface area contributed by atoms with E-state index in [9.17, 15) is 10.1 Å². The number of hydrogen-bond donors (Lipinski definition) is 1. The molecule has 5 nitrogen and oxygen atoms in total. The summed E-state index contributed by atoms with van der Waals surface area (Å²) in [6, 6.07) is 16.3. The zero-order chi connectivity index (χ0) is 22.8. The highest BCUT2D eigenvalue weighted by molar-refractivity contribution is 5.87. The van der Waals surface area contributed by atoms with E-state index in [-0.39, 0.29) is 18.7 Å². The first-order valence-corrected chi connectivity index (χ1v) is 12.1. The smallest absolute Gasteiger partial charge is 0.407 e. The standard InChI is InChI=1S/C28H31N3O2/c1-19-9-11-24-22(14-19)15-25-21(16-29)10-12-26(27(24)25)31-13-5-8-23(17-31)30-28(32)33-18-20-6-3-2-4-7-20/h2-4,6-7,10,12,19,23H,5,8-9,11,13-15,17-18H2,1H3,(H,30,32)/t19?,23-/m0/s1. The van der Waals surface area contributed by atoms with Crippen molar-refractivity contribution in [2.24, 2.45) is 5.92 Å². The van der Waals surface area contributed by atoms with Gasteiger partial charge in [-0.15, -0.1) is 0 Å². The summed E-state index contributed by atoms with van der Waals surface area (Å²) in [5.74, 6) is 0.720. The van der Waals surface area contributed by atoms with Crippen molar-refractivity contribution in [1.82, 2.24) is 5.32 Å². The number of allylic oxidation sites excluding steroid dienone is 2. The van der Waals surface area contributed by atoms with Gasteiger partial charge in [0, 0.05) is 30.4 Å². The number of hydrogen-bond acceptors (Lipinski definition) is 4. The molecule has 0 spiro atoms. The summed E-state index contributed by atoms with van der Waals surface area (Å²) in [7, 11) is 0. The highest BCUT2D eigenvalue weighted by atomic mass is 16.5. The monoisotopic (exact) mass is 441 g/mol. The van der Waals surface area contributed by atoms with Crippen LogP contribution in [0, 0.1) is 17.2 Å². The maximum atomic E-state index is 12.4. The second kappa shape index (κ2) is 9.31. The van der Waals surface area contributed by atoms with Crippen LogP contribution in [0.2, 0.25) is 0 Å². The number of nitriles is 1. The summed E-state index contributed by atoms with van der Waals surface area (Å²) in [6.45, 7) is 4.34. The molecule has 2 aliphatic carbocycles. The molecule has 33 heavy (non-hydrogen) atoms. The number of ether oxygens (including phenoxy) is 1. The highest BCUT2D eigenvalue weighted by Gasteiger charge is 2.33. The molecule has 2 atom stereocenters. The lowest BCUT2D eigenvalue weighted by Crippen LogP contribution is -2.48. The van der Waals surface area contributed by atoms with Crippen molar-refractivity contribution in [3.8, 4) is 6.07 Å². The first-order chi connectivity index (χ1) is 16.1. The van der Waals surface area contributed by atoms with E-state index in [0.717, 1.165) is 62.2 Å². The third-order valence-corrected chi connectivity index (χ3v) is 7.31. The number of nitrogens with one attached hydrogen (secondary N) is 1. The molecule has 1 fully saturated rings. The first-order valence-electron chi connectivity index (χ1n) is 12.1. The molecule has 170 valence electrons. The minimum atomic E-state index is -0.359. The van der Waals surface area contributed by atoms with Crippen LogP contribution < -0.4 is 10.2 Å². The van der Waals surface area contributed by atoms with Gasteiger partial charge in [0.15, 0.2) is 0 Å². The van der Waals surface area contributed by atoms with E-state index in [1.54, 1.807) is 0 Å². The molecule has 1 aliphatic heterocycles. The van der Waals surface area contributed by atoms with Crippen LogP contribution >= 0.6 is 0 Å². The molecule has 0 saturated carbocycles. The molecule has 2 aromatic rings. The minimum Gasteiger partial charge on any atom is -0.445 e. The maximum absolute atomic E-state index is 12.4. The largest absolute Gasteiger partial charge is 0.445 e. The molecule has 3 aliphatic rings. The fraction of sp³-hybridized carbons (Fsp3) is 0.429. The summed E-state index contributed by atoms with van der Waals surface area (Å²) < 4.78 is 5.44. The number of amides is 1. The van der Waals surface area contributed by atoms with Crippen LogP contribution in [-0.2, 0) is 17.8 Å². The molecule has 5 heteroatoms. The summed E-state index contributed by atoms with van der Waals surface area (Å²) in [4.78, 5) is 14.8. The molecule has 0 aromatic heterocycles. The van der Waals surface area contributed by atoms with E-state index in [1.165, 1.54) is 34.4 Å². The van der Waals surface area contributed by atoms with Crippen LogP contribution in [0.25, 0.3) is 5.57 Å². The molecular formula is C28H31N3O2. The number of benzene rings is 2. The van der Waals surface area contributed by atoms with Gasteiger partial charge in [0.1, 0.15) is 6.61 Å². The zero-order valence-corrected chi connectivity index (χ0v) is 19.3. The number of piperidine rings is 1. The van der Waals surface area contributed by atoms with Crippen molar-refractivity contribution >= 4 is 17.4 Å². The summed E-state index contributed by atoms with van der Waals surface area (Å²) in [5, 5.41) is 12.8. The van der Waals surface area contributed by atoms with Crippen molar-refractivity contribution in [2.45, 2.75) is 58.1 Å². The van der Waals surface area contributed by atoms with E-state index in [1.807, 2.05) is 36.4 Å². The highest BCUT2D eigenvalue weighted by Crippen LogP contribution is 2.48. The van der Waals surface area contributed by atoms with Gasteiger partial charge in [-0.1, -0.05) is 42.8 Å². The van der Waals surface area contributed by atoms with Crippen LogP contribution in [0.3, 0.4) is 0 Å². The number of nitrogens with zero attached hydrogens (tertiary/aromatic N) is 2. The first kappa shape index (κ1) is 21.6. The van der Waals surface area contributed by atoms with Gasteiger partial charge in [0.2, 0.25) is 0 Å². The van der Waals surface area contributed by atoms with Crippen molar-refractivity contribution < 1.29 is 9.53 Å². The van der Waals surface area contributed by atoms with Crippen LogP contribution in [0.15, 0.2) is 48.0 Å². The van der Waals surface area contributed by atoms with Crippen molar-refractivity contribution in [2.75, 3.05) is 18.0 Å². The summed E-state index contributed by atoms with van der Waals surface area (Å²) in [6.07, 6.45) is 5.99. The molecule has 1 unspecified atom stereocenters. The van der Waals surface area contributed by atoms with Gasteiger partial charge in [-0.05, 0) is 73.3 Å². The van der Waals surface area contributed by atoms with Crippen LogP contribution in [-0.4, -0.2) is 25.2 Å². The van der Waals surface area contributed by atoms with Gasteiger partial charge in [-0.2, -0.15) is 5.26 Å². The average molecular weight is 442 g/mol. The second-order valence-electron chi connectivity index (χ2n) is 9.70. The number of rotatable bonds is 4. The van der Waals surface area contributed by atoms with E-state index >= 15 is 0 Å². The maximum Gasteiger partial charge on any atom is 0.407 e. The van der Waals surface area contributed by atoms with Crippen molar-refractivity contribution in [3.05, 3.63) is 70.3 Å². The second-order valence-corrected chi connectivity index (χ2v) is 9.70. The number of carbonyl (C=O) groups is 1. The Bertz CT molecular complexity index is 1120. The Balaban J connectivity index is 1.31. The molecule has 0 radical (unpaired) electrons. The Morgan fingerprint density at radius 2 is 2.06 bits per heavy atom. The van der Waals surface area contributed by atoms with Gasteiger partial charge in [-0.25, -0.2) is 4.79 Å². The number of fused-ring (bicyclic) bond motifs is 2. The fourth-order valence-electron chi connectivity index (χ4n) is 5.68. The molecule has 1 heterocycles. The van der Waals surface area contributed by atoms with Crippen LogP contribution in [0.5, 0.6) is 0 Å². The quantitative estimate of drug-likeness (QED) is 0.672. The molecule has 1 N–H and O–H groups in total. The van der Waals surface area contributed by atoms with Crippen molar-refractivity contribution in [3.63, 3.8) is 0 Å². The van der Waals surface area contributed by atoms with E-state index < -0.39 is 0 Å². The third-order valence-electron chi connectivity index (χ3n) is 7.31. The molecule has 1 amide bonds. The molecular weight excluding hydrogens is 410 g/mol. The Kier molecular flexibility index (Phi) is 6.09. The van der Waals surface area contributed by atoms with Gasteiger partial charge in [-0.3, -0.25) is 0 Å². The number of alkyl carbamates (subject to hydrolysis) is 1. The molecule has 2 aromatic carbocycles. The lowest BCUT2D eigenvalue weighted by Gasteiger charge is -2.36. The number of carbonyl (C=O) groups excluding carboxylic acids is 1. The van der Waals surface area contributed by atoms with Gasteiger partial charge in [0.25, 0.3) is 0 Å². The normalized spacial score (nSPS) is 21.8. The van der Waals surface area contributed by atoms with E-state index in [0.29, 0.717) is 0 Å². The molecule has 0 bridgehead atoms. The number of anilines is 1. The lowest BCUT2D eigenvalue weighted by molar-refractivity contribution is 0.134. The average Bonchev–Trinajstić information content (AvgIpc) is 3.21. The Morgan fingerprint density at radius 3 is 2.88 bits per heavy atom. The lowest BCUT2D eigenvalue weighted by atomic mass is 9.84. The predicted octanol–water partition coefficient (Wildman–Crippen LogP) is 5.58.